The van der Waals surface area contributed by atoms with E-state index in [0.29, 0.717) is 37.8 Å². The third-order valence-electron chi connectivity index (χ3n) is 5.15. The molecule has 0 spiro atoms. The molecule has 0 radical (unpaired) electrons. The molecule has 0 saturated carbocycles. The van der Waals surface area contributed by atoms with Gasteiger partial charge in [0, 0.05) is 25.6 Å². The van der Waals surface area contributed by atoms with Gasteiger partial charge in [-0.3, -0.25) is 4.99 Å². The van der Waals surface area contributed by atoms with Gasteiger partial charge in [0.25, 0.3) is 0 Å². The van der Waals surface area contributed by atoms with Crippen LogP contribution in [-0.4, -0.2) is 47.0 Å². The first-order chi connectivity index (χ1) is 14.5. The normalized spacial score (nSPS) is 13.6. The van der Waals surface area contributed by atoms with Crippen LogP contribution in [0.25, 0.3) is 0 Å². The lowest BCUT2D eigenvalue weighted by molar-refractivity contribution is 0.171. The Morgan fingerprint density at radius 3 is 2.40 bits per heavy atom. The van der Waals surface area contributed by atoms with Gasteiger partial charge in [0.2, 0.25) is 0 Å². The number of benzene rings is 2. The van der Waals surface area contributed by atoms with Crippen LogP contribution in [-0.2, 0) is 12.0 Å². The fourth-order valence-electron chi connectivity index (χ4n) is 3.27. The number of methoxy groups -OCH3 is 2. The second-order valence-electron chi connectivity index (χ2n) is 7.71. The molecule has 0 unspecified atom stereocenters. The SMILES string of the molecule is CN=C(NCc1ccc(OC)c(OC)c1)NCC(C)(C)c1ccc2c(c1)OCCO2. The second kappa shape index (κ2) is 9.61. The van der Waals surface area contributed by atoms with Gasteiger partial charge in [0.05, 0.1) is 14.2 Å². The van der Waals surface area contributed by atoms with E-state index in [1.165, 1.54) is 5.56 Å². The van der Waals surface area contributed by atoms with E-state index >= 15 is 0 Å². The Balaban J connectivity index is 1.59. The quantitative estimate of drug-likeness (QED) is 0.537. The molecule has 7 heteroatoms. The molecular weight excluding hydrogens is 382 g/mol. The standard InChI is InChI=1S/C23H31N3O4/c1-23(2,17-7-9-19-21(13-17)30-11-10-29-19)15-26-22(24-3)25-14-16-6-8-18(27-4)20(12-16)28-5/h6-9,12-13H,10-11,14-15H2,1-5H3,(H2,24,25,26). The van der Waals surface area contributed by atoms with Crippen LogP contribution in [0.1, 0.15) is 25.0 Å². The maximum Gasteiger partial charge on any atom is 0.191 e. The number of guanidine groups is 1. The fourth-order valence-corrected chi connectivity index (χ4v) is 3.27. The van der Waals surface area contributed by atoms with Crippen LogP contribution in [0.4, 0.5) is 0 Å². The van der Waals surface area contributed by atoms with Crippen LogP contribution in [0.3, 0.4) is 0 Å². The number of aliphatic imine (C=N–C) groups is 1. The first-order valence-corrected chi connectivity index (χ1v) is 10.0. The van der Waals surface area contributed by atoms with Crippen molar-refractivity contribution in [1.29, 1.82) is 0 Å². The van der Waals surface area contributed by atoms with Gasteiger partial charge in [0.1, 0.15) is 13.2 Å². The molecule has 1 aliphatic rings. The minimum atomic E-state index is -0.128. The zero-order valence-corrected chi connectivity index (χ0v) is 18.4. The third kappa shape index (κ3) is 5.09. The van der Waals surface area contributed by atoms with Gasteiger partial charge in [-0.2, -0.15) is 0 Å². The van der Waals surface area contributed by atoms with E-state index in [9.17, 15) is 0 Å². The molecule has 1 aliphatic heterocycles. The highest BCUT2D eigenvalue weighted by Gasteiger charge is 2.24. The van der Waals surface area contributed by atoms with Crippen LogP contribution in [0.15, 0.2) is 41.4 Å². The van der Waals surface area contributed by atoms with Gasteiger partial charge in [-0.05, 0) is 35.4 Å². The van der Waals surface area contributed by atoms with Gasteiger partial charge < -0.3 is 29.6 Å². The molecule has 2 N–H and O–H groups in total. The van der Waals surface area contributed by atoms with Crippen molar-refractivity contribution in [2.75, 3.05) is 41.0 Å². The predicted octanol–water partition coefficient (Wildman–Crippen LogP) is 3.12. The molecule has 2 aromatic rings. The van der Waals surface area contributed by atoms with Crippen molar-refractivity contribution >= 4 is 5.96 Å². The van der Waals surface area contributed by atoms with Crippen molar-refractivity contribution in [2.24, 2.45) is 4.99 Å². The topological polar surface area (TPSA) is 73.3 Å². The van der Waals surface area contributed by atoms with Crippen molar-refractivity contribution in [3.63, 3.8) is 0 Å². The summed E-state index contributed by atoms with van der Waals surface area (Å²) in [7, 11) is 5.03. The predicted molar refractivity (Wildman–Crippen MR) is 118 cm³/mol. The third-order valence-corrected chi connectivity index (χ3v) is 5.15. The number of hydrogen-bond donors (Lipinski definition) is 2. The fraction of sp³-hybridized carbons (Fsp3) is 0.435. The molecule has 162 valence electrons. The van der Waals surface area contributed by atoms with Gasteiger partial charge in [-0.15, -0.1) is 0 Å². The molecule has 2 aromatic carbocycles. The number of nitrogens with zero attached hydrogens (tertiary/aromatic N) is 1. The van der Waals surface area contributed by atoms with E-state index in [4.69, 9.17) is 18.9 Å². The summed E-state index contributed by atoms with van der Waals surface area (Å²) in [6, 6.07) is 12.0. The first-order valence-electron chi connectivity index (χ1n) is 10.0. The molecule has 7 nitrogen and oxygen atoms in total. The van der Waals surface area contributed by atoms with E-state index in [2.05, 4.69) is 41.6 Å². The lowest BCUT2D eigenvalue weighted by atomic mass is 9.84. The molecule has 0 aromatic heterocycles. The van der Waals surface area contributed by atoms with Gasteiger partial charge in [-0.25, -0.2) is 0 Å². The van der Waals surface area contributed by atoms with Crippen molar-refractivity contribution in [3.8, 4) is 23.0 Å². The van der Waals surface area contributed by atoms with Crippen molar-refractivity contribution in [2.45, 2.75) is 25.8 Å². The van der Waals surface area contributed by atoms with E-state index in [1.807, 2.05) is 24.3 Å². The summed E-state index contributed by atoms with van der Waals surface area (Å²) in [5, 5.41) is 6.77. The lowest BCUT2D eigenvalue weighted by Crippen LogP contribution is -2.43. The Morgan fingerprint density at radius 2 is 1.70 bits per heavy atom. The smallest absolute Gasteiger partial charge is 0.191 e. The number of nitrogens with one attached hydrogen (secondary N) is 2. The number of hydrogen-bond acceptors (Lipinski definition) is 5. The van der Waals surface area contributed by atoms with Crippen molar-refractivity contribution in [1.82, 2.24) is 10.6 Å². The highest BCUT2D eigenvalue weighted by molar-refractivity contribution is 5.79. The number of ether oxygens (including phenoxy) is 4. The van der Waals surface area contributed by atoms with Crippen LogP contribution in [0, 0.1) is 0 Å². The minimum Gasteiger partial charge on any atom is -0.493 e. The molecule has 0 amide bonds. The average molecular weight is 414 g/mol. The molecule has 0 atom stereocenters. The van der Waals surface area contributed by atoms with Crippen LogP contribution >= 0.6 is 0 Å². The van der Waals surface area contributed by atoms with E-state index in [-0.39, 0.29) is 5.41 Å². The Morgan fingerprint density at radius 1 is 0.967 bits per heavy atom. The van der Waals surface area contributed by atoms with Gasteiger partial charge >= 0.3 is 0 Å². The molecule has 0 aliphatic carbocycles. The second-order valence-corrected chi connectivity index (χ2v) is 7.71. The van der Waals surface area contributed by atoms with E-state index in [1.54, 1.807) is 21.3 Å². The summed E-state index contributed by atoms with van der Waals surface area (Å²) in [5.74, 6) is 3.77. The molecule has 0 saturated heterocycles. The maximum absolute atomic E-state index is 5.73. The Kier molecular flexibility index (Phi) is 6.92. The number of fused-ring (bicyclic) bond motifs is 1. The van der Waals surface area contributed by atoms with E-state index < -0.39 is 0 Å². The molecule has 3 rings (SSSR count). The first kappa shape index (κ1) is 21.6. The lowest BCUT2D eigenvalue weighted by Gasteiger charge is -2.28. The molecule has 0 bridgehead atoms. The van der Waals surface area contributed by atoms with Gasteiger partial charge in [-0.1, -0.05) is 26.0 Å². The van der Waals surface area contributed by atoms with Crippen molar-refractivity contribution in [3.05, 3.63) is 47.5 Å². The largest absolute Gasteiger partial charge is 0.493 e. The van der Waals surface area contributed by atoms with E-state index in [0.717, 1.165) is 23.0 Å². The van der Waals surface area contributed by atoms with Crippen LogP contribution in [0.2, 0.25) is 0 Å². The minimum absolute atomic E-state index is 0.128. The summed E-state index contributed by atoms with van der Waals surface area (Å²) in [6.45, 7) is 6.88. The highest BCUT2D eigenvalue weighted by Crippen LogP contribution is 2.35. The zero-order chi connectivity index (χ0) is 21.6. The Bertz CT molecular complexity index is 896. The Hall–Kier alpha value is -3.09. The highest BCUT2D eigenvalue weighted by atomic mass is 16.6. The summed E-state index contributed by atoms with van der Waals surface area (Å²) < 4.78 is 22.0. The summed E-state index contributed by atoms with van der Waals surface area (Å²) in [4.78, 5) is 4.34. The Labute approximate surface area is 178 Å². The van der Waals surface area contributed by atoms with Crippen molar-refractivity contribution < 1.29 is 18.9 Å². The summed E-state index contributed by atoms with van der Waals surface area (Å²) in [6.07, 6.45) is 0. The molecule has 30 heavy (non-hydrogen) atoms. The maximum atomic E-state index is 5.73. The summed E-state index contributed by atoms with van der Waals surface area (Å²) in [5.41, 5.74) is 2.12. The molecular formula is C23H31N3O4. The average Bonchev–Trinajstić information content (AvgIpc) is 2.78. The molecule has 0 fully saturated rings. The van der Waals surface area contributed by atoms with Gasteiger partial charge in [0.15, 0.2) is 29.0 Å². The zero-order valence-electron chi connectivity index (χ0n) is 18.4. The van der Waals surface area contributed by atoms with Crippen LogP contribution in [0.5, 0.6) is 23.0 Å². The van der Waals surface area contributed by atoms with Crippen LogP contribution < -0.4 is 29.6 Å². The molecule has 1 heterocycles. The summed E-state index contributed by atoms with van der Waals surface area (Å²) >= 11 is 0. The number of rotatable bonds is 7. The monoisotopic (exact) mass is 413 g/mol.